The van der Waals surface area contributed by atoms with Crippen molar-refractivity contribution in [1.82, 2.24) is 5.32 Å². The fourth-order valence-electron chi connectivity index (χ4n) is 3.60. The summed E-state index contributed by atoms with van der Waals surface area (Å²) in [6, 6.07) is 0.521. The number of hydrogen-bond acceptors (Lipinski definition) is 2. The second-order valence-corrected chi connectivity index (χ2v) is 5.90. The van der Waals surface area contributed by atoms with E-state index in [-0.39, 0.29) is 0 Å². The van der Waals surface area contributed by atoms with E-state index < -0.39 is 0 Å². The minimum absolute atomic E-state index is 0.418. The van der Waals surface area contributed by atoms with Crippen LogP contribution in [0.4, 0.5) is 0 Å². The van der Waals surface area contributed by atoms with Crippen LogP contribution in [0.2, 0.25) is 0 Å². The van der Waals surface area contributed by atoms with Gasteiger partial charge in [0.05, 0.1) is 6.10 Å². The lowest BCUT2D eigenvalue weighted by Crippen LogP contribution is -2.48. The summed E-state index contributed by atoms with van der Waals surface area (Å²) < 4.78 is 6.14. The molecule has 1 rings (SSSR count). The average molecular weight is 255 g/mol. The standard InChI is InChI=1S/C16H33NO/c1-5-10-13(3)15(17-4)16(18-6-2)14-11-8-7-9-12-14/h13-17H,5-12H2,1-4H3. The van der Waals surface area contributed by atoms with Crippen molar-refractivity contribution in [3.05, 3.63) is 0 Å². The van der Waals surface area contributed by atoms with E-state index in [2.05, 4.69) is 33.1 Å². The molecule has 0 spiro atoms. The second-order valence-electron chi connectivity index (χ2n) is 5.90. The highest BCUT2D eigenvalue weighted by Gasteiger charge is 2.32. The van der Waals surface area contributed by atoms with Gasteiger partial charge in [-0.3, -0.25) is 0 Å². The van der Waals surface area contributed by atoms with Crippen molar-refractivity contribution in [2.75, 3.05) is 13.7 Å². The molecule has 1 N–H and O–H groups in total. The van der Waals surface area contributed by atoms with Crippen LogP contribution >= 0.6 is 0 Å². The maximum absolute atomic E-state index is 6.14. The Bertz CT molecular complexity index is 201. The molecule has 108 valence electrons. The van der Waals surface area contributed by atoms with Crippen LogP contribution in [0.3, 0.4) is 0 Å². The third kappa shape index (κ3) is 4.55. The molecule has 3 unspecified atom stereocenters. The quantitative estimate of drug-likeness (QED) is 0.708. The maximum atomic E-state index is 6.14. The van der Waals surface area contributed by atoms with Crippen LogP contribution in [0.1, 0.15) is 65.7 Å². The zero-order valence-corrected chi connectivity index (χ0v) is 12.9. The van der Waals surface area contributed by atoms with E-state index in [1.54, 1.807) is 0 Å². The molecule has 0 saturated heterocycles. The third-order valence-corrected chi connectivity index (χ3v) is 4.52. The van der Waals surface area contributed by atoms with E-state index in [1.165, 1.54) is 44.9 Å². The van der Waals surface area contributed by atoms with Crippen LogP contribution in [0.5, 0.6) is 0 Å². The number of likely N-dealkylation sites (N-methyl/N-ethyl adjacent to an activating group) is 1. The van der Waals surface area contributed by atoms with Crippen molar-refractivity contribution in [3.8, 4) is 0 Å². The van der Waals surface area contributed by atoms with Gasteiger partial charge in [0.2, 0.25) is 0 Å². The maximum Gasteiger partial charge on any atom is 0.0758 e. The van der Waals surface area contributed by atoms with Gasteiger partial charge in [0.25, 0.3) is 0 Å². The molecule has 3 atom stereocenters. The Hall–Kier alpha value is -0.0800. The first kappa shape index (κ1) is 16.0. The fourth-order valence-corrected chi connectivity index (χ4v) is 3.60. The Morgan fingerprint density at radius 1 is 1.17 bits per heavy atom. The Kier molecular flexibility index (Phi) is 7.92. The van der Waals surface area contributed by atoms with E-state index in [0.29, 0.717) is 18.1 Å². The van der Waals surface area contributed by atoms with Crippen LogP contribution in [0, 0.1) is 11.8 Å². The summed E-state index contributed by atoms with van der Waals surface area (Å²) in [7, 11) is 2.10. The van der Waals surface area contributed by atoms with Crippen molar-refractivity contribution in [3.63, 3.8) is 0 Å². The Labute approximate surface area is 114 Å². The minimum atomic E-state index is 0.418. The number of nitrogens with one attached hydrogen (secondary N) is 1. The van der Waals surface area contributed by atoms with Gasteiger partial charge in [-0.2, -0.15) is 0 Å². The monoisotopic (exact) mass is 255 g/mol. The molecule has 1 aliphatic carbocycles. The summed E-state index contributed by atoms with van der Waals surface area (Å²) in [4.78, 5) is 0. The molecule has 0 aromatic carbocycles. The molecule has 0 aliphatic heterocycles. The lowest BCUT2D eigenvalue weighted by Gasteiger charge is -2.38. The summed E-state index contributed by atoms with van der Waals surface area (Å²) in [5, 5.41) is 3.54. The molecule has 0 radical (unpaired) electrons. The lowest BCUT2D eigenvalue weighted by molar-refractivity contribution is -0.0286. The van der Waals surface area contributed by atoms with Crippen LogP contribution in [0.25, 0.3) is 0 Å². The second kappa shape index (κ2) is 8.92. The summed E-state index contributed by atoms with van der Waals surface area (Å²) in [5.74, 6) is 1.48. The van der Waals surface area contributed by atoms with Gasteiger partial charge in [0, 0.05) is 12.6 Å². The van der Waals surface area contributed by atoms with E-state index in [4.69, 9.17) is 4.74 Å². The summed E-state index contributed by atoms with van der Waals surface area (Å²) >= 11 is 0. The van der Waals surface area contributed by atoms with Gasteiger partial charge in [-0.1, -0.05) is 39.5 Å². The SMILES string of the molecule is CCCC(C)C(NC)C(OCC)C1CCCCC1. The molecule has 2 nitrogen and oxygen atoms in total. The predicted molar refractivity (Wildman–Crippen MR) is 78.9 cm³/mol. The Balaban J connectivity index is 2.66. The molecule has 0 bridgehead atoms. The summed E-state index contributed by atoms with van der Waals surface area (Å²) in [5.41, 5.74) is 0. The molecular weight excluding hydrogens is 222 g/mol. The zero-order chi connectivity index (χ0) is 13.4. The van der Waals surface area contributed by atoms with Crippen molar-refractivity contribution in [2.45, 2.75) is 77.9 Å². The van der Waals surface area contributed by atoms with Gasteiger partial charge in [0.15, 0.2) is 0 Å². The molecule has 0 aromatic heterocycles. The van der Waals surface area contributed by atoms with Gasteiger partial charge in [-0.25, -0.2) is 0 Å². The van der Waals surface area contributed by atoms with Crippen molar-refractivity contribution in [2.24, 2.45) is 11.8 Å². The van der Waals surface area contributed by atoms with Crippen molar-refractivity contribution in [1.29, 1.82) is 0 Å². The number of ether oxygens (including phenoxy) is 1. The highest BCUT2D eigenvalue weighted by molar-refractivity contribution is 4.87. The molecule has 1 saturated carbocycles. The lowest BCUT2D eigenvalue weighted by atomic mass is 9.79. The highest BCUT2D eigenvalue weighted by Crippen LogP contribution is 2.32. The molecule has 1 aliphatic rings. The van der Waals surface area contributed by atoms with Gasteiger partial charge < -0.3 is 10.1 Å². The first-order chi connectivity index (χ1) is 8.74. The number of hydrogen-bond donors (Lipinski definition) is 1. The minimum Gasteiger partial charge on any atom is -0.377 e. The average Bonchev–Trinajstić information content (AvgIpc) is 2.40. The topological polar surface area (TPSA) is 21.3 Å². The van der Waals surface area contributed by atoms with Crippen LogP contribution in [0.15, 0.2) is 0 Å². The smallest absolute Gasteiger partial charge is 0.0758 e. The van der Waals surface area contributed by atoms with Crippen LogP contribution in [-0.4, -0.2) is 25.8 Å². The van der Waals surface area contributed by atoms with E-state index >= 15 is 0 Å². The summed E-state index contributed by atoms with van der Waals surface area (Å²) in [6.45, 7) is 7.63. The molecule has 18 heavy (non-hydrogen) atoms. The van der Waals surface area contributed by atoms with Gasteiger partial charge >= 0.3 is 0 Å². The first-order valence-electron chi connectivity index (χ1n) is 8.03. The summed E-state index contributed by atoms with van der Waals surface area (Å²) in [6.07, 6.45) is 9.92. The molecule has 2 heteroatoms. The highest BCUT2D eigenvalue weighted by atomic mass is 16.5. The van der Waals surface area contributed by atoms with E-state index in [9.17, 15) is 0 Å². The Morgan fingerprint density at radius 2 is 1.83 bits per heavy atom. The van der Waals surface area contributed by atoms with Crippen LogP contribution in [-0.2, 0) is 4.74 Å². The van der Waals surface area contributed by atoms with Gasteiger partial charge in [0.1, 0.15) is 0 Å². The molecule has 0 aromatic rings. The zero-order valence-electron chi connectivity index (χ0n) is 12.9. The van der Waals surface area contributed by atoms with Crippen LogP contribution < -0.4 is 5.32 Å². The van der Waals surface area contributed by atoms with Crippen molar-refractivity contribution < 1.29 is 4.74 Å². The molecule has 0 amide bonds. The van der Waals surface area contributed by atoms with Crippen molar-refractivity contribution >= 4 is 0 Å². The van der Waals surface area contributed by atoms with Gasteiger partial charge in [-0.15, -0.1) is 0 Å². The van der Waals surface area contributed by atoms with E-state index in [0.717, 1.165) is 12.5 Å². The predicted octanol–water partition coefficient (Wildman–Crippen LogP) is 4.00. The normalized spacial score (nSPS) is 22.7. The number of rotatable bonds is 8. The first-order valence-corrected chi connectivity index (χ1v) is 8.03. The third-order valence-electron chi connectivity index (χ3n) is 4.52. The van der Waals surface area contributed by atoms with Gasteiger partial charge in [-0.05, 0) is 45.1 Å². The largest absolute Gasteiger partial charge is 0.377 e. The Morgan fingerprint density at radius 3 is 2.33 bits per heavy atom. The fraction of sp³-hybridized carbons (Fsp3) is 1.00. The molecule has 0 heterocycles. The van der Waals surface area contributed by atoms with E-state index in [1.807, 2.05) is 0 Å². The molecular formula is C16H33NO. The molecule has 1 fully saturated rings.